The van der Waals surface area contributed by atoms with Gasteiger partial charge < -0.3 is 16.2 Å². The van der Waals surface area contributed by atoms with E-state index in [2.05, 4.69) is 19.2 Å². The third-order valence-corrected chi connectivity index (χ3v) is 3.91. The van der Waals surface area contributed by atoms with Crippen LogP contribution in [0.5, 0.6) is 0 Å². The molecule has 0 bridgehead atoms. The molecule has 0 aliphatic rings. The van der Waals surface area contributed by atoms with Gasteiger partial charge in [-0.1, -0.05) is 49.9 Å². The van der Waals surface area contributed by atoms with E-state index >= 15 is 0 Å². The fourth-order valence-electron chi connectivity index (χ4n) is 1.93. The Labute approximate surface area is 118 Å². The van der Waals surface area contributed by atoms with Crippen LogP contribution in [0.25, 0.3) is 0 Å². The van der Waals surface area contributed by atoms with E-state index in [0.717, 1.165) is 12.8 Å². The van der Waals surface area contributed by atoms with E-state index in [1.165, 1.54) is 0 Å². The molecule has 18 heavy (non-hydrogen) atoms. The number of hydrogen-bond donors (Lipinski definition) is 3. The zero-order chi connectivity index (χ0) is 13.7. The molecule has 3 nitrogen and oxygen atoms in total. The number of rotatable bonds is 6. The van der Waals surface area contributed by atoms with Gasteiger partial charge in [0.25, 0.3) is 0 Å². The van der Waals surface area contributed by atoms with Crippen LogP contribution in [-0.2, 0) is 0 Å². The van der Waals surface area contributed by atoms with Crippen LogP contribution in [0.1, 0.15) is 26.7 Å². The first-order valence-electron chi connectivity index (χ1n) is 6.16. The fraction of sp³-hybridized carbons (Fsp3) is 0.538. The van der Waals surface area contributed by atoms with E-state index in [1.807, 2.05) is 0 Å². The predicted octanol–water partition coefficient (Wildman–Crippen LogP) is 3.78. The average molecular weight is 291 g/mol. The summed E-state index contributed by atoms with van der Waals surface area (Å²) in [5, 5.41) is 14.0. The molecule has 0 saturated carbocycles. The molecule has 1 atom stereocenters. The second kappa shape index (κ2) is 7.07. The third kappa shape index (κ3) is 3.94. The first-order valence-corrected chi connectivity index (χ1v) is 6.91. The van der Waals surface area contributed by atoms with Gasteiger partial charge in [-0.3, -0.25) is 0 Å². The molecule has 1 rings (SSSR count). The quantitative estimate of drug-likeness (QED) is 0.699. The van der Waals surface area contributed by atoms with Crippen LogP contribution in [0.4, 0.5) is 11.4 Å². The summed E-state index contributed by atoms with van der Waals surface area (Å²) < 4.78 is 0. The molecule has 0 saturated heterocycles. The normalized spacial score (nSPS) is 12.8. The van der Waals surface area contributed by atoms with Crippen LogP contribution in [0.2, 0.25) is 10.0 Å². The Morgan fingerprint density at radius 3 is 2.33 bits per heavy atom. The van der Waals surface area contributed by atoms with Crippen LogP contribution in [0.15, 0.2) is 12.1 Å². The smallest absolute Gasteiger partial charge is 0.0740 e. The van der Waals surface area contributed by atoms with Crippen molar-refractivity contribution in [3.05, 3.63) is 22.2 Å². The second-order valence-electron chi connectivity index (χ2n) is 4.38. The largest absolute Gasteiger partial charge is 0.397 e. The van der Waals surface area contributed by atoms with Crippen molar-refractivity contribution in [1.29, 1.82) is 0 Å². The number of aliphatic hydroxyl groups is 1. The Balaban J connectivity index is 2.66. The van der Waals surface area contributed by atoms with Crippen molar-refractivity contribution in [3.63, 3.8) is 0 Å². The number of nitrogen functional groups attached to an aromatic ring is 1. The van der Waals surface area contributed by atoms with Crippen LogP contribution in [0.3, 0.4) is 0 Å². The van der Waals surface area contributed by atoms with Gasteiger partial charge in [0.2, 0.25) is 0 Å². The highest BCUT2D eigenvalue weighted by molar-refractivity contribution is 6.42. The van der Waals surface area contributed by atoms with Crippen molar-refractivity contribution in [2.45, 2.75) is 32.8 Å². The van der Waals surface area contributed by atoms with Crippen molar-refractivity contribution in [3.8, 4) is 0 Å². The number of aliphatic hydroxyl groups excluding tert-OH is 1. The number of benzene rings is 1. The number of hydrogen-bond acceptors (Lipinski definition) is 3. The van der Waals surface area contributed by atoms with Gasteiger partial charge in [0.05, 0.1) is 27.5 Å². The van der Waals surface area contributed by atoms with Crippen molar-refractivity contribution in [2.75, 3.05) is 17.6 Å². The minimum Gasteiger partial charge on any atom is -0.397 e. The Morgan fingerprint density at radius 1 is 1.22 bits per heavy atom. The summed E-state index contributed by atoms with van der Waals surface area (Å²) in [6.45, 7) is 4.60. The first-order chi connectivity index (χ1) is 8.49. The lowest BCUT2D eigenvalue weighted by atomic mass is 9.96. The van der Waals surface area contributed by atoms with E-state index in [4.69, 9.17) is 28.9 Å². The summed E-state index contributed by atoms with van der Waals surface area (Å²) in [7, 11) is 0. The number of nitrogens with two attached hydrogens (primary N) is 1. The summed E-state index contributed by atoms with van der Waals surface area (Å²) in [5.41, 5.74) is 7.06. The average Bonchev–Trinajstić information content (AvgIpc) is 2.33. The monoisotopic (exact) mass is 290 g/mol. The molecule has 0 radical (unpaired) electrons. The van der Waals surface area contributed by atoms with E-state index in [-0.39, 0.29) is 0 Å². The van der Waals surface area contributed by atoms with Gasteiger partial charge in [0.15, 0.2) is 0 Å². The minimum atomic E-state index is -0.395. The Kier molecular flexibility index (Phi) is 6.06. The summed E-state index contributed by atoms with van der Waals surface area (Å²) >= 11 is 11.8. The lowest BCUT2D eigenvalue weighted by Gasteiger charge is -2.21. The van der Waals surface area contributed by atoms with Crippen LogP contribution < -0.4 is 11.1 Å². The van der Waals surface area contributed by atoms with Crippen molar-refractivity contribution in [2.24, 2.45) is 5.92 Å². The molecule has 5 heteroatoms. The Hall–Kier alpha value is -0.640. The molecule has 0 heterocycles. The van der Waals surface area contributed by atoms with Gasteiger partial charge in [-0.15, -0.1) is 0 Å². The second-order valence-corrected chi connectivity index (χ2v) is 5.19. The summed E-state index contributed by atoms with van der Waals surface area (Å²) in [6, 6.07) is 3.29. The van der Waals surface area contributed by atoms with Gasteiger partial charge in [0, 0.05) is 6.54 Å². The lowest BCUT2D eigenvalue weighted by Crippen LogP contribution is -2.27. The number of anilines is 2. The number of halogens is 2. The molecule has 0 spiro atoms. The zero-order valence-corrected chi connectivity index (χ0v) is 12.2. The van der Waals surface area contributed by atoms with Gasteiger partial charge in [-0.05, 0) is 18.1 Å². The molecule has 0 amide bonds. The molecule has 1 unspecified atom stereocenters. The highest BCUT2D eigenvalue weighted by atomic mass is 35.5. The molecule has 4 N–H and O–H groups in total. The molecule has 0 fully saturated rings. The SMILES string of the molecule is CCC(CC)C(O)CNc1cc(Cl)c(Cl)cc1N. The maximum absolute atomic E-state index is 10.0. The molecule has 1 aromatic carbocycles. The van der Waals surface area contributed by atoms with Crippen LogP contribution in [-0.4, -0.2) is 17.8 Å². The van der Waals surface area contributed by atoms with Gasteiger partial charge in [-0.2, -0.15) is 0 Å². The molecule has 1 aromatic rings. The van der Waals surface area contributed by atoms with Crippen molar-refractivity contribution >= 4 is 34.6 Å². The standard InChI is InChI=1S/C13H20Cl2N2O/c1-3-8(4-2)13(18)7-17-12-6-10(15)9(14)5-11(12)16/h5-6,8,13,17-18H,3-4,7,16H2,1-2H3. The zero-order valence-electron chi connectivity index (χ0n) is 10.7. The predicted molar refractivity (Wildman–Crippen MR) is 79.4 cm³/mol. The third-order valence-electron chi connectivity index (χ3n) is 3.19. The highest BCUT2D eigenvalue weighted by Crippen LogP contribution is 2.30. The van der Waals surface area contributed by atoms with Gasteiger partial charge >= 0.3 is 0 Å². The Bertz CT molecular complexity index is 395. The van der Waals surface area contributed by atoms with Crippen LogP contribution in [0, 0.1) is 5.92 Å². The first kappa shape index (κ1) is 15.4. The topological polar surface area (TPSA) is 58.3 Å². The molecule has 0 aliphatic heterocycles. The maximum Gasteiger partial charge on any atom is 0.0740 e. The van der Waals surface area contributed by atoms with Crippen molar-refractivity contribution < 1.29 is 5.11 Å². The lowest BCUT2D eigenvalue weighted by molar-refractivity contribution is 0.114. The Morgan fingerprint density at radius 2 is 1.78 bits per heavy atom. The number of nitrogens with one attached hydrogen (secondary N) is 1. The van der Waals surface area contributed by atoms with E-state index < -0.39 is 6.10 Å². The van der Waals surface area contributed by atoms with E-state index in [0.29, 0.717) is 33.9 Å². The summed E-state index contributed by atoms with van der Waals surface area (Å²) in [5.74, 6) is 0.293. The van der Waals surface area contributed by atoms with Crippen molar-refractivity contribution in [1.82, 2.24) is 0 Å². The minimum absolute atomic E-state index is 0.293. The summed E-state index contributed by atoms with van der Waals surface area (Å²) in [6.07, 6.45) is 1.51. The molecule has 0 aliphatic carbocycles. The van der Waals surface area contributed by atoms with E-state index in [1.54, 1.807) is 12.1 Å². The van der Waals surface area contributed by atoms with Crippen LogP contribution >= 0.6 is 23.2 Å². The fourth-order valence-corrected chi connectivity index (χ4v) is 2.27. The molecule has 0 aromatic heterocycles. The van der Waals surface area contributed by atoms with Gasteiger partial charge in [-0.25, -0.2) is 0 Å². The molecular formula is C13H20Cl2N2O. The molecule has 102 valence electrons. The summed E-state index contributed by atoms with van der Waals surface area (Å²) in [4.78, 5) is 0. The van der Waals surface area contributed by atoms with E-state index in [9.17, 15) is 5.11 Å². The maximum atomic E-state index is 10.0. The highest BCUT2D eigenvalue weighted by Gasteiger charge is 2.15. The van der Waals surface area contributed by atoms with Gasteiger partial charge in [0.1, 0.15) is 0 Å². The molecular weight excluding hydrogens is 271 g/mol.